The number of ether oxygens (including phenoxy) is 1. The second kappa shape index (κ2) is 9.30. The van der Waals surface area contributed by atoms with Crippen molar-refractivity contribution in [2.45, 2.75) is 13.5 Å². The lowest BCUT2D eigenvalue weighted by molar-refractivity contribution is 0.103. The van der Waals surface area contributed by atoms with Gasteiger partial charge in [-0.3, -0.25) is 9.69 Å². The van der Waals surface area contributed by atoms with Gasteiger partial charge >= 0.3 is 0 Å². The highest BCUT2D eigenvalue weighted by atomic mass is 35.5. The van der Waals surface area contributed by atoms with Crippen LogP contribution >= 0.6 is 22.9 Å². The maximum Gasteiger partial charge on any atom is 0.196 e. The summed E-state index contributed by atoms with van der Waals surface area (Å²) in [4.78, 5) is 19.1. The Kier molecular flexibility index (Phi) is 6.51. The van der Waals surface area contributed by atoms with Crippen LogP contribution in [0.3, 0.4) is 0 Å². The summed E-state index contributed by atoms with van der Waals surface area (Å²) in [6, 6.07) is 15.2. The van der Waals surface area contributed by atoms with Crippen molar-refractivity contribution >= 4 is 39.4 Å². The molecule has 2 N–H and O–H groups in total. The lowest BCUT2D eigenvalue weighted by atomic mass is 9.99. The van der Waals surface area contributed by atoms with E-state index in [1.807, 2.05) is 19.1 Å². The molecule has 1 aliphatic rings. The highest BCUT2D eigenvalue weighted by molar-refractivity contribution is 7.16. The SMILES string of the molecule is COc1ccc(N2CCN(Cc3c(C)sc(N)c3C(=O)c3ccc(Cl)cc3)CC2)cc1. The number of anilines is 2. The number of carbonyl (C=O) groups excluding carboxylic acids is 1. The van der Waals surface area contributed by atoms with E-state index in [0.29, 0.717) is 21.2 Å². The van der Waals surface area contributed by atoms with Crippen LogP contribution in [0.4, 0.5) is 10.7 Å². The van der Waals surface area contributed by atoms with Crippen molar-refractivity contribution in [1.82, 2.24) is 4.90 Å². The average molecular weight is 456 g/mol. The Labute approximate surface area is 192 Å². The number of carbonyl (C=O) groups is 1. The molecule has 1 saturated heterocycles. The molecule has 31 heavy (non-hydrogen) atoms. The molecule has 0 radical (unpaired) electrons. The number of piperazine rings is 1. The number of rotatable bonds is 6. The molecule has 0 unspecified atom stereocenters. The Morgan fingerprint density at radius 1 is 1.06 bits per heavy atom. The minimum Gasteiger partial charge on any atom is -0.497 e. The number of methoxy groups -OCH3 is 1. The van der Waals surface area contributed by atoms with E-state index in [9.17, 15) is 4.79 Å². The lowest BCUT2D eigenvalue weighted by Gasteiger charge is -2.36. The number of nitrogens with zero attached hydrogens (tertiary/aromatic N) is 2. The molecule has 2 heterocycles. The van der Waals surface area contributed by atoms with Gasteiger partial charge < -0.3 is 15.4 Å². The molecule has 5 nitrogen and oxygen atoms in total. The number of nitrogen functional groups attached to an aromatic ring is 1. The zero-order valence-corrected chi connectivity index (χ0v) is 19.3. The van der Waals surface area contributed by atoms with Crippen molar-refractivity contribution in [2.24, 2.45) is 0 Å². The first-order valence-corrected chi connectivity index (χ1v) is 11.4. The quantitative estimate of drug-likeness (QED) is 0.538. The van der Waals surface area contributed by atoms with Crippen molar-refractivity contribution in [3.63, 3.8) is 0 Å². The van der Waals surface area contributed by atoms with Crippen molar-refractivity contribution in [2.75, 3.05) is 43.9 Å². The highest BCUT2D eigenvalue weighted by Gasteiger charge is 2.25. The van der Waals surface area contributed by atoms with Crippen LogP contribution in [0.1, 0.15) is 26.4 Å². The fraction of sp³-hybridized carbons (Fsp3) is 0.292. The maximum atomic E-state index is 13.2. The Morgan fingerprint density at radius 2 is 1.71 bits per heavy atom. The summed E-state index contributed by atoms with van der Waals surface area (Å²) < 4.78 is 5.25. The number of hydrogen-bond donors (Lipinski definition) is 1. The van der Waals surface area contributed by atoms with Crippen LogP contribution in [-0.2, 0) is 6.54 Å². The van der Waals surface area contributed by atoms with Crippen molar-refractivity contribution in [3.05, 3.63) is 75.1 Å². The van der Waals surface area contributed by atoms with Crippen molar-refractivity contribution in [3.8, 4) is 5.75 Å². The third-order valence-corrected chi connectivity index (χ3v) is 6.99. The van der Waals surface area contributed by atoms with Gasteiger partial charge in [-0.15, -0.1) is 11.3 Å². The highest BCUT2D eigenvalue weighted by Crippen LogP contribution is 2.34. The molecular weight excluding hydrogens is 430 g/mol. The summed E-state index contributed by atoms with van der Waals surface area (Å²) in [7, 11) is 1.68. The molecule has 0 saturated carbocycles. The Morgan fingerprint density at radius 3 is 2.32 bits per heavy atom. The van der Waals surface area contributed by atoms with E-state index in [1.165, 1.54) is 17.0 Å². The van der Waals surface area contributed by atoms with Crippen LogP contribution in [0.2, 0.25) is 5.02 Å². The molecule has 7 heteroatoms. The summed E-state index contributed by atoms with van der Waals surface area (Å²) >= 11 is 7.47. The number of aryl methyl sites for hydroxylation is 1. The molecular formula is C24H26ClN3O2S. The minimum atomic E-state index is -0.0367. The lowest BCUT2D eigenvalue weighted by Crippen LogP contribution is -2.46. The molecule has 1 aliphatic heterocycles. The van der Waals surface area contributed by atoms with Crippen LogP contribution in [0.5, 0.6) is 5.75 Å². The van der Waals surface area contributed by atoms with E-state index in [0.717, 1.165) is 48.9 Å². The van der Waals surface area contributed by atoms with Gasteiger partial charge in [0, 0.05) is 53.9 Å². The molecule has 0 spiro atoms. The third kappa shape index (κ3) is 4.71. The van der Waals surface area contributed by atoms with E-state index < -0.39 is 0 Å². The van der Waals surface area contributed by atoms with Crippen LogP contribution in [-0.4, -0.2) is 44.0 Å². The number of hydrogen-bond acceptors (Lipinski definition) is 6. The second-order valence-electron chi connectivity index (χ2n) is 7.67. The summed E-state index contributed by atoms with van der Waals surface area (Å²) in [5, 5.41) is 1.20. The van der Waals surface area contributed by atoms with E-state index >= 15 is 0 Å². The summed E-state index contributed by atoms with van der Waals surface area (Å²) in [5.74, 6) is 0.830. The molecule has 4 rings (SSSR count). The summed E-state index contributed by atoms with van der Waals surface area (Å²) in [5.41, 5.74) is 9.77. The molecule has 0 atom stereocenters. The van der Waals surface area contributed by atoms with E-state index in [2.05, 4.69) is 21.9 Å². The van der Waals surface area contributed by atoms with Gasteiger partial charge in [0.1, 0.15) is 5.75 Å². The van der Waals surface area contributed by atoms with Gasteiger partial charge in [0.15, 0.2) is 5.78 Å². The Balaban J connectivity index is 1.46. The normalized spacial score (nSPS) is 14.6. The molecule has 162 valence electrons. The summed E-state index contributed by atoms with van der Waals surface area (Å²) in [6.45, 7) is 6.50. The van der Waals surface area contributed by atoms with Gasteiger partial charge in [-0.25, -0.2) is 0 Å². The number of ketones is 1. The van der Waals surface area contributed by atoms with Crippen molar-refractivity contribution < 1.29 is 9.53 Å². The minimum absolute atomic E-state index is 0.0367. The smallest absolute Gasteiger partial charge is 0.196 e. The second-order valence-corrected chi connectivity index (χ2v) is 9.37. The zero-order chi connectivity index (χ0) is 22.0. The largest absolute Gasteiger partial charge is 0.497 e. The maximum absolute atomic E-state index is 13.2. The molecule has 3 aromatic rings. The van der Waals surface area contributed by atoms with Crippen LogP contribution in [0.15, 0.2) is 48.5 Å². The number of nitrogens with two attached hydrogens (primary N) is 1. The fourth-order valence-corrected chi connectivity index (χ4v) is 5.03. The predicted molar refractivity (Wildman–Crippen MR) is 129 cm³/mol. The standard InChI is InChI=1S/C24H26ClN3O2S/c1-16-21(22(24(26)31-16)23(29)17-3-5-18(25)6-4-17)15-27-11-13-28(14-12-27)19-7-9-20(30-2)10-8-19/h3-10H,11-15,26H2,1-2H3. The van der Waals surface area contributed by atoms with Gasteiger partial charge in [0.2, 0.25) is 0 Å². The van der Waals surface area contributed by atoms with Gasteiger partial charge in [0.25, 0.3) is 0 Å². The first-order chi connectivity index (χ1) is 15.0. The predicted octanol–water partition coefficient (Wildman–Crippen LogP) is 4.85. The average Bonchev–Trinajstić information content (AvgIpc) is 3.07. The molecule has 0 amide bonds. The van der Waals surface area contributed by atoms with E-state index in [-0.39, 0.29) is 5.78 Å². The van der Waals surface area contributed by atoms with Gasteiger partial charge in [0.05, 0.1) is 17.7 Å². The van der Waals surface area contributed by atoms with E-state index in [4.69, 9.17) is 22.1 Å². The zero-order valence-electron chi connectivity index (χ0n) is 17.7. The fourth-order valence-electron chi connectivity index (χ4n) is 3.97. The molecule has 1 aromatic heterocycles. The molecule has 1 fully saturated rings. The first kappa shape index (κ1) is 21.7. The van der Waals surface area contributed by atoms with Gasteiger partial charge in [-0.2, -0.15) is 0 Å². The Bertz CT molecular complexity index is 1060. The van der Waals surface area contributed by atoms with E-state index in [1.54, 1.807) is 31.4 Å². The van der Waals surface area contributed by atoms with Crippen LogP contribution in [0.25, 0.3) is 0 Å². The first-order valence-electron chi connectivity index (χ1n) is 10.3. The van der Waals surface area contributed by atoms with Crippen LogP contribution < -0.4 is 15.4 Å². The number of benzene rings is 2. The van der Waals surface area contributed by atoms with Gasteiger partial charge in [-0.05, 0) is 61.0 Å². The third-order valence-electron chi connectivity index (χ3n) is 5.76. The number of thiophene rings is 1. The summed E-state index contributed by atoms with van der Waals surface area (Å²) in [6.07, 6.45) is 0. The molecule has 0 aliphatic carbocycles. The number of halogens is 1. The topological polar surface area (TPSA) is 58.8 Å². The molecule has 0 bridgehead atoms. The Hall–Kier alpha value is -2.54. The molecule has 2 aromatic carbocycles. The van der Waals surface area contributed by atoms with Crippen LogP contribution in [0, 0.1) is 6.92 Å². The van der Waals surface area contributed by atoms with Crippen molar-refractivity contribution in [1.29, 1.82) is 0 Å². The van der Waals surface area contributed by atoms with Gasteiger partial charge in [-0.1, -0.05) is 11.6 Å². The monoisotopic (exact) mass is 455 g/mol.